The molecule has 2 atom stereocenters. The second kappa shape index (κ2) is 5.14. The van der Waals surface area contributed by atoms with Crippen molar-refractivity contribution in [2.45, 2.75) is 38.4 Å². The highest BCUT2D eigenvalue weighted by atomic mass is 16.5. The molecule has 74 valence electrons. The molecule has 1 heterocycles. The van der Waals surface area contributed by atoms with Crippen LogP contribution >= 0.6 is 0 Å². The Morgan fingerprint density at radius 3 is 3.00 bits per heavy atom. The highest BCUT2D eigenvalue weighted by Gasteiger charge is 2.21. The van der Waals surface area contributed by atoms with E-state index in [0.717, 1.165) is 12.8 Å². The van der Waals surface area contributed by atoms with Gasteiger partial charge in [0.2, 0.25) is 0 Å². The fourth-order valence-corrected chi connectivity index (χ4v) is 1.35. The second-order valence-corrected chi connectivity index (χ2v) is 3.22. The summed E-state index contributed by atoms with van der Waals surface area (Å²) in [6, 6.07) is 0. The van der Waals surface area contributed by atoms with Crippen LogP contribution in [0.15, 0.2) is 12.2 Å². The summed E-state index contributed by atoms with van der Waals surface area (Å²) in [4.78, 5) is 11.3. The largest absolute Gasteiger partial charge is 0.393 e. The Balaban J connectivity index is 2.62. The number of Topliss-reactive ketones (excluding diaryl/α,β-unsaturated/α-hetero) is 1. The Bertz CT molecular complexity index is 198. The third kappa shape index (κ3) is 2.94. The number of allylic oxidation sites excluding steroid dienone is 1. The van der Waals surface area contributed by atoms with Gasteiger partial charge in [-0.3, -0.25) is 4.79 Å². The van der Waals surface area contributed by atoms with Crippen LogP contribution in [-0.2, 0) is 9.53 Å². The number of carbonyl (C=O) groups excluding carboxylic acids is 1. The SMILES string of the molecule is CC[C@@H]1C/C=C\CC(=O)[C@H](CO)O1. The number of aliphatic hydroxyl groups is 1. The fraction of sp³-hybridized carbons (Fsp3) is 0.700. The van der Waals surface area contributed by atoms with Crippen LogP contribution in [0.4, 0.5) is 0 Å². The highest BCUT2D eigenvalue weighted by Crippen LogP contribution is 2.13. The summed E-state index contributed by atoms with van der Waals surface area (Å²) < 4.78 is 5.45. The summed E-state index contributed by atoms with van der Waals surface area (Å²) in [5.74, 6) is -0.0306. The maximum atomic E-state index is 11.3. The Morgan fingerprint density at radius 1 is 1.62 bits per heavy atom. The van der Waals surface area contributed by atoms with Gasteiger partial charge in [-0.25, -0.2) is 0 Å². The molecule has 3 nitrogen and oxygen atoms in total. The molecule has 0 aromatic carbocycles. The maximum Gasteiger partial charge on any atom is 0.167 e. The third-order valence-corrected chi connectivity index (χ3v) is 2.22. The summed E-state index contributed by atoms with van der Waals surface area (Å²) in [6.45, 7) is 1.81. The van der Waals surface area contributed by atoms with Gasteiger partial charge in [-0.1, -0.05) is 19.1 Å². The molecule has 13 heavy (non-hydrogen) atoms. The average Bonchev–Trinajstić information content (AvgIpc) is 2.13. The molecule has 0 aromatic rings. The van der Waals surface area contributed by atoms with E-state index in [0.29, 0.717) is 6.42 Å². The Labute approximate surface area is 78.4 Å². The molecule has 0 spiro atoms. The topological polar surface area (TPSA) is 46.5 Å². The van der Waals surface area contributed by atoms with Crippen molar-refractivity contribution >= 4 is 5.78 Å². The molecule has 0 aromatic heterocycles. The number of ketones is 1. The number of carbonyl (C=O) groups is 1. The Hall–Kier alpha value is -0.670. The monoisotopic (exact) mass is 184 g/mol. The predicted molar refractivity (Wildman–Crippen MR) is 49.4 cm³/mol. The zero-order valence-corrected chi connectivity index (χ0v) is 7.90. The van der Waals surface area contributed by atoms with Gasteiger partial charge in [0.15, 0.2) is 5.78 Å². The predicted octanol–water partition coefficient (Wildman–Crippen LogP) is 1.06. The van der Waals surface area contributed by atoms with E-state index in [2.05, 4.69) is 0 Å². The minimum absolute atomic E-state index is 0.0306. The molecule has 0 saturated heterocycles. The van der Waals surface area contributed by atoms with Gasteiger partial charge in [0.1, 0.15) is 6.10 Å². The number of ether oxygens (including phenoxy) is 1. The quantitative estimate of drug-likeness (QED) is 0.653. The van der Waals surface area contributed by atoms with Crippen LogP contribution in [0.3, 0.4) is 0 Å². The van der Waals surface area contributed by atoms with Crippen LogP contribution in [0.2, 0.25) is 0 Å². The lowest BCUT2D eigenvalue weighted by atomic mass is 10.1. The van der Waals surface area contributed by atoms with Crippen molar-refractivity contribution in [1.82, 2.24) is 0 Å². The van der Waals surface area contributed by atoms with Gasteiger partial charge in [-0.05, 0) is 12.8 Å². The van der Waals surface area contributed by atoms with Crippen LogP contribution in [0.25, 0.3) is 0 Å². The van der Waals surface area contributed by atoms with E-state index >= 15 is 0 Å². The Kier molecular flexibility index (Phi) is 4.12. The first-order valence-corrected chi connectivity index (χ1v) is 4.72. The van der Waals surface area contributed by atoms with Gasteiger partial charge in [0.25, 0.3) is 0 Å². The molecular formula is C10H16O3. The van der Waals surface area contributed by atoms with Crippen LogP contribution < -0.4 is 0 Å². The van der Waals surface area contributed by atoms with Crippen molar-refractivity contribution in [3.63, 3.8) is 0 Å². The van der Waals surface area contributed by atoms with Crippen molar-refractivity contribution in [2.24, 2.45) is 0 Å². The number of hydrogen-bond donors (Lipinski definition) is 1. The molecule has 0 radical (unpaired) electrons. The maximum absolute atomic E-state index is 11.3. The van der Waals surface area contributed by atoms with Crippen LogP contribution in [-0.4, -0.2) is 29.7 Å². The fourth-order valence-electron chi connectivity index (χ4n) is 1.35. The van der Waals surface area contributed by atoms with Crippen molar-refractivity contribution in [1.29, 1.82) is 0 Å². The highest BCUT2D eigenvalue weighted by molar-refractivity contribution is 5.84. The molecule has 0 fully saturated rings. The van der Waals surface area contributed by atoms with E-state index in [1.165, 1.54) is 0 Å². The molecule has 1 aliphatic rings. The zero-order valence-electron chi connectivity index (χ0n) is 7.90. The standard InChI is InChI=1S/C10H16O3/c1-2-8-5-3-4-6-9(12)10(7-11)13-8/h3-4,8,10-11H,2,5-7H2,1H3/b4-3-/t8-,10+/m1/s1. The van der Waals surface area contributed by atoms with Crippen molar-refractivity contribution in [3.8, 4) is 0 Å². The van der Waals surface area contributed by atoms with Crippen molar-refractivity contribution in [2.75, 3.05) is 6.61 Å². The van der Waals surface area contributed by atoms with Gasteiger partial charge >= 0.3 is 0 Å². The second-order valence-electron chi connectivity index (χ2n) is 3.22. The first-order valence-electron chi connectivity index (χ1n) is 4.72. The normalized spacial score (nSPS) is 32.3. The summed E-state index contributed by atoms with van der Waals surface area (Å²) in [7, 11) is 0. The lowest BCUT2D eigenvalue weighted by molar-refractivity contribution is -0.137. The Morgan fingerprint density at radius 2 is 2.38 bits per heavy atom. The molecule has 0 unspecified atom stereocenters. The van der Waals surface area contributed by atoms with E-state index in [4.69, 9.17) is 9.84 Å². The van der Waals surface area contributed by atoms with Gasteiger partial charge in [0.05, 0.1) is 12.7 Å². The molecule has 1 aliphatic heterocycles. The van der Waals surface area contributed by atoms with Gasteiger partial charge in [-0.15, -0.1) is 0 Å². The summed E-state index contributed by atoms with van der Waals surface area (Å²) >= 11 is 0. The molecule has 0 bridgehead atoms. The van der Waals surface area contributed by atoms with E-state index in [-0.39, 0.29) is 18.5 Å². The van der Waals surface area contributed by atoms with Gasteiger partial charge in [-0.2, -0.15) is 0 Å². The van der Waals surface area contributed by atoms with E-state index in [9.17, 15) is 4.79 Å². The van der Waals surface area contributed by atoms with Crippen LogP contribution in [0.5, 0.6) is 0 Å². The van der Waals surface area contributed by atoms with Crippen LogP contribution in [0.1, 0.15) is 26.2 Å². The zero-order chi connectivity index (χ0) is 9.68. The lowest BCUT2D eigenvalue weighted by Crippen LogP contribution is -2.33. The smallest absolute Gasteiger partial charge is 0.167 e. The first kappa shape index (κ1) is 10.4. The number of aliphatic hydroxyl groups excluding tert-OH is 1. The minimum Gasteiger partial charge on any atom is -0.393 e. The molecular weight excluding hydrogens is 168 g/mol. The van der Waals surface area contributed by atoms with E-state index in [1.54, 1.807) is 0 Å². The number of hydrogen-bond acceptors (Lipinski definition) is 3. The van der Waals surface area contributed by atoms with E-state index in [1.807, 2.05) is 19.1 Å². The summed E-state index contributed by atoms with van der Waals surface area (Å²) in [5.41, 5.74) is 0. The lowest BCUT2D eigenvalue weighted by Gasteiger charge is -2.22. The average molecular weight is 184 g/mol. The molecule has 0 aliphatic carbocycles. The minimum atomic E-state index is -0.616. The molecule has 0 amide bonds. The van der Waals surface area contributed by atoms with Gasteiger partial charge in [0, 0.05) is 6.42 Å². The van der Waals surface area contributed by atoms with Crippen LogP contribution in [0, 0.1) is 0 Å². The van der Waals surface area contributed by atoms with E-state index < -0.39 is 6.10 Å². The van der Waals surface area contributed by atoms with Gasteiger partial charge < -0.3 is 9.84 Å². The third-order valence-electron chi connectivity index (χ3n) is 2.22. The molecule has 0 saturated carbocycles. The molecule has 3 heteroatoms. The van der Waals surface area contributed by atoms with Crippen molar-refractivity contribution in [3.05, 3.63) is 12.2 Å². The summed E-state index contributed by atoms with van der Waals surface area (Å²) in [6.07, 6.45) is 5.36. The number of rotatable bonds is 2. The molecule has 1 N–H and O–H groups in total. The first-order chi connectivity index (χ1) is 6.27. The van der Waals surface area contributed by atoms with Crippen molar-refractivity contribution < 1.29 is 14.6 Å². The summed E-state index contributed by atoms with van der Waals surface area (Å²) in [5, 5.41) is 8.92. The molecule has 1 rings (SSSR count).